The lowest BCUT2D eigenvalue weighted by molar-refractivity contribution is 0.166. The number of nitrogens with one attached hydrogen (secondary N) is 2. The minimum atomic E-state index is -0.631. The normalized spacial score (nSPS) is 12.9. The van der Waals surface area contributed by atoms with Gasteiger partial charge in [-0.15, -0.1) is 0 Å². The van der Waals surface area contributed by atoms with E-state index in [4.69, 9.17) is 11.6 Å². The SMILES string of the molecule is CC(C)(C)NC(=O)NCC[C@H](O)c1cccc(Cl)c1. The van der Waals surface area contributed by atoms with Crippen LogP contribution >= 0.6 is 11.6 Å². The van der Waals surface area contributed by atoms with Crippen molar-refractivity contribution in [3.05, 3.63) is 34.9 Å². The van der Waals surface area contributed by atoms with Crippen LogP contribution in [0.4, 0.5) is 4.79 Å². The number of carbonyl (C=O) groups is 1. The predicted octanol–water partition coefficient (Wildman–Crippen LogP) is 2.86. The van der Waals surface area contributed by atoms with Crippen LogP contribution in [-0.4, -0.2) is 23.2 Å². The largest absolute Gasteiger partial charge is 0.388 e. The summed E-state index contributed by atoms with van der Waals surface area (Å²) in [6.07, 6.45) is -0.189. The van der Waals surface area contributed by atoms with Gasteiger partial charge in [-0.1, -0.05) is 23.7 Å². The summed E-state index contributed by atoms with van der Waals surface area (Å²) in [6, 6.07) is 6.85. The fourth-order valence-electron chi connectivity index (χ4n) is 1.59. The van der Waals surface area contributed by atoms with E-state index in [0.29, 0.717) is 18.0 Å². The first kappa shape index (κ1) is 15.8. The van der Waals surface area contributed by atoms with Crippen molar-refractivity contribution in [2.75, 3.05) is 6.54 Å². The zero-order valence-corrected chi connectivity index (χ0v) is 12.3. The number of amides is 2. The van der Waals surface area contributed by atoms with E-state index in [2.05, 4.69) is 10.6 Å². The predicted molar refractivity (Wildman–Crippen MR) is 77.3 cm³/mol. The van der Waals surface area contributed by atoms with Gasteiger partial charge in [0.25, 0.3) is 0 Å². The molecule has 1 aromatic carbocycles. The molecule has 0 heterocycles. The van der Waals surface area contributed by atoms with Crippen molar-refractivity contribution in [3.63, 3.8) is 0 Å². The first-order chi connectivity index (χ1) is 8.78. The topological polar surface area (TPSA) is 61.4 Å². The Balaban J connectivity index is 2.35. The van der Waals surface area contributed by atoms with Gasteiger partial charge in [0, 0.05) is 17.1 Å². The number of carbonyl (C=O) groups excluding carboxylic acids is 1. The molecule has 0 aliphatic rings. The molecule has 1 aromatic rings. The summed E-state index contributed by atoms with van der Waals surface area (Å²) in [5.41, 5.74) is 0.487. The maximum Gasteiger partial charge on any atom is 0.315 e. The molecule has 0 unspecified atom stereocenters. The summed E-state index contributed by atoms with van der Waals surface area (Å²) in [6.45, 7) is 6.13. The number of aliphatic hydroxyl groups excluding tert-OH is 1. The van der Waals surface area contributed by atoms with Crippen LogP contribution in [0, 0.1) is 0 Å². The highest BCUT2D eigenvalue weighted by molar-refractivity contribution is 6.30. The van der Waals surface area contributed by atoms with E-state index < -0.39 is 6.10 Å². The molecule has 5 heteroatoms. The molecule has 0 fully saturated rings. The molecule has 0 saturated carbocycles. The summed E-state index contributed by atoms with van der Waals surface area (Å²) < 4.78 is 0. The van der Waals surface area contributed by atoms with Crippen LogP contribution < -0.4 is 10.6 Å². The summed E-state index contributed by atoms with van der Waals surface area (Å²) in [5, 5.41) is 16.1. The first-order valence-electron chi connectivity index (χ1n) is 6.27. The van der Waals surface area contributed by atoms with Crippen LogP contribution in [0.1, 0.15) is 38.9 Å². The van der Waals surface area contributed by atoms with Gasteiger partial charge >= 0.3 is 6.03 Å². The molecule has 106 valence electrons. The van der Waals surface area contributed by atoms with E-state index in [9.17, 15) is 9.90 Å². The molecule has 0 saturated heterocycles. The third-order valence-electron chi connectivity index (χ3n) is 2.43. The second kappa shape index (κ2) is 6.78. The molecule has 19 heavy (non-hydrogen) atoms. The summed E-state index contributed by atoms with van der Waals surface area (Å²) >= 11 is 5.86. The first-order valence-corrected chi connectivity index (χ1v) is 6.65. The van der Waals surface area contributed by atoms with Crippen LogP contribution in [0.5, 0.6) is 0 Å². The van der Waals surface area contributed by atoms with Gasteiger partial charge < -0.3 is 15.7 Å². The Labute approximate surface area is 119 Å². The molecule has 0 aliphatic heterocycles. The Morgan fingerprint density at radius 1 is 1.42 bits per heavy atom. The Morgan fingerprint density at radius 2 is 2.11 bits per heavy atom. The van der Waals surface area contributed by atoms with Gasteiger partial charge in [0.1, 0.15) is 0 Å². The van der Waals surface area contributed by atoms with E-state index in [1.807, 2.05) is 26.8 Å². The minimum absolute atomic E-state index is 0.231. The number of aliphatic hydroxyl groups is 1. The molecule has 0 spiro atoms. The van der Waals surface area contributed by atoms with Crippen LogP contribution in [0.3, 0.4) is 0 Å². The smallest absolute Gasteiger partial charge is 0.315 e. The highest BCUT2D eigenvalue weighted by Crippen LogP contribution is 2.19. The van der Waals surface area contributed by atoms with Gasteiger partial charge in [-0.05, 0) is 44.9 Å². The highest BCUT2D eigenvalue weighted by Gasteiger charge is 2.13. The number of benzene rings is 1. The number of halogens is 1. The van der Waals surface area contributed by atoms with E-state index in [0.717, 1.165) is 5.56 Å². The second-order valence-electron chi connectivity index (χ2n) is 5.49. The quantitative estimate of drug-likeness (QED) is 0.796. The average Bonchev–Trinajstić information content (AvgIpc) is 2.26. The molecule has 0 bridgehead atoms. The van der Waals surface area contributed by atoms with E-state index in [1.54, 1.807) is 18.2 Å². The minimum Gasteiger partial charge on any atom is -0.388 e. The van der Waals surface area contributed by atoms with Crippen LogP contribution in [0.2, 0.25) is 5.02 Å². The molecule has 3 N–H and O–H groups in total. The van der Waals surface area contributed by atoms with Gasteiger partial charge in [0.05, 0.1) is 6.10 Å². The van der Waals surface area contributed by atoms with Crippen molar-refractivity contribution in [3.8, 4) is 0 Å². The number of hydrogen-bond donors (Lipinski definition) is 3. The highest BCUT2D eigenvalue weighted by atomic mass is 35.5. The molecule has 4 nitrogen and oxygen atoms in total. The lowest BCUT2D eigenvalue weighted by Gasteiger charge is -2.21. The van der Waals surface area contributed by atoms with Crippen LogP contribution in [-0.2, 0) is 0 Å². The molecular weight excluding hydrogens is 264 g/mol. The van der Waals surface area contributed by atoms with Crippen LogP contribution in [0.15, 0.2) is 24.3 Å². The third kappa shape index (κ3) is 6.45. The molecule has 0 radical (unpaired) electrons. The third-order valence-corrected chi connectivity index (χ3v) is 2.66. The van der Waals surface area contributed by atoms with Gasteiger partial charge in [0.2, 0.25) is 0 Å². The van der Waals surface area contributed by atoms with Gasteiger partial charge in [-0.25, -0.2) is 4.79 Å². The van der Waals surface area contributed by atoms with Crippen molar-refractivity contribution in [1.29, 1.82) is 0 Å². The Hall–Kier alpha value is -1.26. The standard InChI is InChI=1S/C14H21ClN2O2/c1-14(2,3)17-13(19)16-8-7-12(18)10-5-4-6-11(15)9-10/h4-6,9,12,18H,7-8H2,1-3H3,(H2,16,17,19)/t12-/m0/s1. The molecular formula is C14H21ClN2O2. The van der Waals surface area contributed by atoms with Crippen molar-refractivity contribution in [2.24, 2.45) is 0 Å². The van der Waals surface area contributed by atoms with E-state index in [-0.39, 0.29) is 11.6 Å². The maximum atomic E-state index is 11.5. The fourth-order valence-corrected chi connectivity index (χ4v) is 1.79. The van der Waals surface area contributed by atoms with Crippen molar-refractivity contribution >= 4 is 17.6 Å². The van der Waals surface area contributed by atoms with Crippen molar-refractivity contribution in [2.45, 2.75) is 38.8 Å². The van der Waals surface area contributed by atoms with Crippen molar-refractivity contribution < 1.29 is 9.90 Å². The Bertz CT molecular complexity index is 430. The average molecular weight is 285 g/mol. The van der Waals surface area contributed by atoms with E-state index in [1.165, 1.54) is 0 Å². The number of rotatable bonds is 4. The lowest BCUT2D eigenvalue weighted by atomic mass is 10.1. The molecule has 0 aliphatic carbocycles. The van der Waals surface area contributed by atoms with E-state index >= 15 is 0 Å². The summed E-state index contributed by atoms with van der Waals surface area (Å²) in [5.74, 6) is 0. The Kier molecular flexibility index (Phi) is 5.63. The van der Waals surface area contributed by atoms with Crippen LogP contribution in [0.25, 0.3) is 0 Å². The number of urea groups is 1. The van der Waals surface area contributed by atoms with Gasteiger partial charge in [-0.3, -0.25) is 0 Å². The Morgan fingerprint density at radius 3 is 2.68 bits per heavy atom. The van der Waals surface area contributed by atoms with Crippen molar-refractivity contribution in [1.82, 2.24) is 10.6 Å². The molecule has 1 rings (SSSR count). The monoisotopic (exact) mass is 284 g/mol. The maximum absolute atomic E-state index is 11.5. The summed E-state index contributed by atoms with van der Waals surface area (Å²) in [4.78, 5) is 11.5. The zero-order chi connectivity index (χ0) is 14.5. The molecule has 1 atom stereocenters. The molecule has 0 aromatic heterocycles. The summed E-state index contributed by atoms with van der Waals surface area (Å²) in [7, 11) is 0. The van der Waals surface area contributed by atoms with Gasteiger partial charge in [-0.2, -0.15) is 0 Å². The fraction of sp³-hybridized carbons (Fsp3) is 0.500. The number of hydrogen-bond acceptors (Lipinski definition) is 2. The second-order valence-corrected chi connectivity index (χ2v) is 5.93. The zero-order valence-electron chi connectivity index (χ0n) is 11.5. The van der Waals surface area contributed by atoms with Gasteiger partial charge in [0.15, 0.2) is 0 Å². The lowest BCUT2D eigenvalue weighted by Crippen LogP contribution is -2.46. The molecule has 2 amide bonds.